The summed E-state index contributed by atoms with van der Waals surface area (Å²) in [6.45, 7) is 6.46. The molecule has 7 nitrogen and oxygen atoms in total. The second-order valence-electron chi connectivity index (χ2n) is 8.13. The van der Waals surface area contributed by atoms with Crippen LogP contribution in [0.1, 0.15) is 33.6 Å². The monoisotopic (exact) mass is 416 g/mol. The molecule has 1 saturated heterocycles. The van der Waals surface area contributed by atoms with Gasteiger partial charge in [0.2, 0.25) is 5.95 Å². The standard InChI is InChI=1S/C19H27F3N4O3/c1-12(2)8-14(27)10-26-15(19(20,21)22)4-5-25-17(28)9-16(23-18(25)26)24-6-7-29-11-13(24)3/h9,12-13,15H,4-8,10-11H2,1-3H3. The van der Waals surface area contributed by atoms with Crippen molar-refractivity contribution in [2.45, 2.75) is 58.4 Å². The number of carbonyl (C=O) groups excluding carboxylic acids is 1. The third-order valence-electron chi connectivity index (χ3n) is 5.26. The van der Waals surface area contributed by atoms with Crippen LogP contribution in [-0.4, -0.2) is 59.9 Å². The number of hydrogen-bond acceptors (Lipinski definition) is 6. The van der Waals surface area contributed by atoms with E-state index in [-0.39, 0.29) is 43.1 Å². The molecule has 0 aromatic carbocycles. The lowest BCUT2D eigenvalue weighted by Gasteiger charge is -2.40. The van der Waals surface area contributed by atoms with Crippen LogP contribution in [0, 0.1) is 5.92 Å². The fourth-order valence-corrected chi connectivity index (χ4v) is 3.90. The van der Waals surface area contributed by atoms with Gasteiger partial charge in [0.05, 0.1) is 25.8 Å². The molecule has 162 valence electrons. The maximum atomic E-state index is 13.7. The lowest BCUT2D eigenvalue weighted by atomic mass is 10.0. The summed E-state index contributed by atoms with van der Waals surface area (Å²) in [6.07, 6.45) is -4.64. The number of aromatic nitrogens is 2. The molecule has 0 amide bonds. The van der Waals surface area contributed by atoms with E-state index in [0.717, 1.165) is 4.90 Å². The van der Waals surface area contributed by atoms with Crippen LogP contribution in [0.15, 0.2) is 10.9 Å². The zero-order valence-corrected chi connectivity index (χ0v) is 16.9. The van der Waals surface area contributed by atoms with Crippen molar-refractivity contribution < 1.29 is 22.7 Å². The second-order valence-corrected chi connectivity index (χ2v) is 8.13. The summed E-state index contributed by atoms with van der Waals surface area (Å²) < 4.78 is 47.8. The first kappa shape index (κ1) is 21.6. The van der Waals surface area contributed by atoms with Gasteiger partial charge < -0.3 is 14.5 Å². The number of nitrogens with zero attached hydrogens (tertiary/aromatic N) is 4. The summed E-state index contributed by atoms with van der Waals surface area (Å²) in [5, 5.41) is 0. The number of ether oxygens (including phenoxy) is 1. The van der Waals surface area contributed by atoms with Gasteiger partial charge in [0.15, 0.2) is 5.78 Å². The molecule has 3 heterocycles. The van der Waals surface area contributed by atoms with Crippen LogP contribution in [0.2, 0.25) is 0 Å². The summed E-state index contributed by atoms with van der Waals surface area (Å²) in [7, 11) is 0. The Labute approximate surface area is 167 Å². The highest BCUT2D eigenvalue weighted by atomic mass is 19.4. The number of anilines is 2. The number of ketones is 1. The Balaban J connectivity index is 2.02. The van der Waals surface area contributed by atoms with Crippen molar-refractivity contribution in [3.05, 3.63) is 16.4 Å². The maximum absolute atomic E-state index is 13.7. The molecular formula is C19H27F3N4O3. The molecule has 2 unspecified atom stereocenters. The molecule has 0 bridgehead atoms. The Bertz CT molecular complexity index is 809. The number of Topliss-reactive ketones (excluding diaryl/α,β-unsaturated/α-hetero) is 1. The molecule has 2 aliphatic heterocycles. The van der Waals surface area contributed by atoms with Crippen molar-refractivity contribution in [1.29, 1.82) is 0 Å². The minimum Gasteiger partial charge on any atom is -0.377 e. The quantitative estimate of drug-likeness (QED) is 0.733. The van der Waals surface area contributed by atoms with E-state index in [9.17, 15) is 22.8 Å². The van der Waals surface area contributed by atoms with Crippen molar-refractivity contribution in [3.63, 3.8) is 0 Å². The van der Waals surface area contributed by atoms with Crippen molar-refractivity contribution in [2.75, 3.05) is 36.1 Å². The van der Waals surface area contributed by atoms with Crippen molar-refractivity contribution in [2.24, 2.45) is 5.92 Å². The number of alkyl halides is 3. The van der Waals surface area contributed by atoms with E-state index in [1.54, 1.807) is 0 Å². The average molecular weight is 416 g/mol. The molecular weight excluding hydrogens is 389 g/mol. The SMILES string of the molecule is CC(C)CC(=O)CN1c2nc(N3CCOCC3C)cc(=O)n2CCC1C(F)(F)F. The summed E-state index contributed by atoms with van der Waals surface area (Å²) in [5.41, 5.74) is -0.411. The Morgan fingerprint density at radius 2 is 2.07 bits per heavy atom. The number of halogens is 3. The van der Waals surface area contributed by atoms with Gasteiger partial charge in [0, 0.05) is 25.6 Å². The van der Waals surface area contributed by atoms with E-state index in [1.807, 2.05) is 25.7 Å². The Hall–Kier alpha value is -2.10. The first-order valence-corrected chi connectivity index (χ1v) is 9.89. The van der Waals surface area contributed by atoms with Crippen LogP contribution in [-0.2, 0) is 16.1 Å². The first-order chi connectivity index (χ1) is 13.6. The molecule has 0 radical (unpaired) electrons. The van der Waals surface area contributed by atoms with E-state index < -0.39 is 24.3 Å². The molecule has 0 aliphatic carbocycles. The van der Waals surface area contributed by atoms with Gasteiger partial charge in [-0.05, 0) is 19.3 Å². The largest absolute Gasteiger partial charge is 0.408 e. The van der Waals surface area contributed by atoms with Gasteiger partial charge in [-0.15, -0.1) is 0 Å². The molecule has 10 heteroatoms. The molecule has 1 aromatic rings. The topological polar surface area (TPSA) is 67.7 Å². The lowest BCUT2D eigenvalue weighted by molar-refractivity contribution is -0.153. The summed E-state index contributed by atoms with van der Waals surface area (Å²) in [4.78, 5) is 32.3. The van der Waals surface area contributed by atoms with Crippen LogP contribution in [0.4, 0.5) is 24.9 Å². The normalized spacial score (nSPS) is 22.7. The lowest BCUT2D eigenvalue weighted by Crippen LogP contribution is -2.54. The van der Waals surface area contributed by atoms with Crippen LogP contribution >= 0.6 is 0 Å². The first-order valence-electron chi connectivity index (χ1n) is 9.89. The van der Waals surface area contributed by atoms with Gasteiger partial charge in [-0.25, -0.2) is 0 Å². The summed E-state index contributed by atoms with van der Waals surface area (Å²) in [6, 6.07) is -0.549. The highest BCUT2D eigenvalue weighted by molar-refractivity contribution is 5.83. The van der Waals surface area contributed by atoms with Crippen molar-refractivity contribution in [1.82, 2.24) is 9.55 Å². The minimum absolute atomic E-state index is 0.0345. The number of hydrogen-bond donors (Lipinski definition) is 0. The van der Waals surface area contributed by atoms with E-state index in [4.69, 9.17) is 4.74 Å². The van der Waals surface area contributed by atoms with Gasteiger partial charge in [-0.3, -0.25) is 14.2 Å². The fraction of sp³-hybridized carbons (Fsp3) is 0.737. The molecule has 2 aliphatic rings. The van der Waals surface area contributed by atoms with Gasteiger partial charge in [0.1, 0.15) is 11.9 Å². The smallest absolute Gasteiger partial charge is 0.377 e. The predicted molar refractivity (Wildman–Crippen MR) is 102 cm³/mol. The Morgan fingerprint density at radius 3 is 2.69 bits per heavy atom. The average Bonchev–Trinajstić information content (AvgIpc) is 2.60. The number of carbonyl (C=O) groups is 1. The molecule has 0 saturated carbocycles. The highest BCUT2D eigenvalue weighted by Crippen LogP contribution is 2.34. The van der Waals surface area contributed by atoms with Crippen LogP contribution in [0.5, 0.6) is 0 Å². The third kappa shape index (κ3) is 4.73. The molecule has 1 aromatic heterocycles. The van der Waals surface area contributed by atoms with Gasteiger partial charge in [0.25, 0.3) is 5.56 Å². The zero-order valence-electron chi connectivity index (χ0n) is 16.9. The molecule has 29 heavy (non-hydrogen) atoms. The van der Waals surface area contributed by atoms with Crippen molar-refractivity contribution >= 4 is 17.5 Å². The van der Waals surface area contributed by atoms with Crippen LogP contribution in [0.25, 0.3) is 0 Å². The minimum atomic E-state index is -4.52. The van der Waals surface area contributed by atoms with E-state index >= 15 is 0 Å². The molecule has 0 N–H and O–H groups in total. The van der Waals surface area contributed by atoms with E-state index in [2.05, 4.69) is 4.98 Å². The zero-order chi connectivity index (χ0) is 21.3. The van der Waals surface area contributed by atoms with Gasteiger partial charge in [-0.2, -0.15) is 18.2 Å². The van der Waals surface area contributed by atoms with Gasteiger partial charge >= 0.3 is 6.18 Å². The molecule has 2 atom stereocenters. The van der Waals surface area contributed by atoms with E-state index in [0.29, 0.717) is 25.6 Å². The summed E-state index contributed by atoms with van der Waals surface area (Å²) in [5.74, 6) is -0.0348. The number of morpholine rings is 1. The van der Waals surface area contributed by atoms with Crippen LogP contribution in [0.3, 0.4) is 0 Å². The van der Waals surface area contributed by atoms with Crippen molar-refractivity contribution in [3.8, 4) is 0 Å². The number of rotatable bonds is 5. The van der Waals surface area contributed by atoms with Gasteiger partial charge in [-0.1, -0.05) is 13.8 Å². The number of fused-ring (bicyclic) bond motifs is 1. The van der Waals surface area contributed by atoms with E-state index in [1.165, 1.54) is 10.6 Å². The Kier molecular flexibility index (Phi) is 6.21. The summed E-state index contributed by atoms with van der Waals surface area (Å²) >= 11 is 0. The third-order valence-corrected chi connectivity index (χ3v) is 5.26. The maximum Gasteiger partial charge on any atom is 0.408 e. The second kappa shape index (κ2) is 8.33. The molecule has 0 spiro atoms. The Morgan fingerprint density at radius 1 is 1.34 bits per heavy atom. The molecule has 1 fully saturated rings. The highest BCUT2D eigenvalue weighted by Gasteiger charge is 2.47. The fourth-order valence-electron chi connectivity index (χ4n) is 3.90. The molecule has 3 rings (SSSR count). The van der Waals surface area contributed by atoms with Crippen LogP contribution < -0.4 is 15.4 Å². The predicted octanol–water partition coefficient (Wildman–Crippen LogP) is 2.22.